The zero-order valence-electron chi connectivity index (χ0n) is 13.5. The first-order valence-corrected chi connectivity index (χ1v) is 7.67. The minimum absolute atomic E-state index is 0.0763. The number of fused-ring (bicyclic) bond motifs is 1. The number of aliphatic hydroxyl groups excluding tert-OH is 1. The summed E-state index contributed by atoms with van der Waals surface area (Å²) >= 11 is 0. The monoisotopic (exact) mass is 340 g/mol. The van der Waals surface area contributed by atoms with Gasteiger partial charge >= 0.3 is 0 Å². The summed E-state index contributed by atoms with van der Waals surface area (Å²) < 4.78 is 16.3. The van der Waals surface area contributed by atoms with Gasteiger partial charge in [0.2, 0.25) is 17.1 Å². The Morgan fingerprint density at radius 2 is 2.08 bits per heavy atom. The lowest BCUT2D eigenvalue weighted by atomic mass is 9.87. The number of allylic oxidation sites excluding steroid dienone is 1. The largest absolute Gasteiger partial charge is 0.494 e. The number of nitrogens with zero attached hydrogens (tertiary/aromatic N) is 1. The third-order valence-corrected chi connectivity index (χ3v) is 3.81. The third kappa shape index (κ3) is 2.95. The molecule has 2 heterocycles. The maximum atomic E-state index is 12.2. The average Bonchev–Trinajstić information content (AvgIpc) is 2.62. The zero-order chi connectivity index (χ0) is 18.0. The van der Waals surface area contributed by atoms with Crippen LogP contribution in [0.25, 0.3) is 0 Å². The van der Waals surface area contributed by atoms with Crippen LogP contribution in [0.15, 0.2) is 51.0 Å². The predicted molar refractivity (Wildman–Crippen MR) is 87.8 cm³/mol. The summed E-state index contributed by atoms with van der Waals surface area (Å²) in [7, 11) is 0. The van der Waals surface area contributed by atoms with E-state index in [0.29, 0.717) is 17.9 Å². The number of nitriles is 1. The molecule has 25 heavy (non-hydrogen) atoms. The van der Waals surface area contributed by atoms with E-state index in [1.807, 2.05) is 13.0 Å². The second-order valence-corrected chi connectivity index (χ2v) is 5.36. The van der Waals surface area contributed by atoms with Crippen molar-refractivity contribution < 1.29 is 19.0 Å². The molecule has 128 valence electrons. The van der Waals surface area contributed by atoms with Gasteiger partial charge in [-0.1, -0.05) is 12.1 Å². The standard InChI is InChI=1S/C18H16N2O5/c1-2-23-11-5-3-10(4-6-11)15-13(8-19)18(20)25-16-14(22)7-12(9-21)24-17(15)16/h3-7,15,21H,2,9,20H2,1H3. The van der Waals surface area contributed by atoms with Gasteiger partial charge in [-0.15, -0.1) is 0 Å². The lowest BCUT2D eigenvalue weighted by Crippen LogP contribution is -2.25. The minimum atomic E-state index is -0.705. The van der Waals surface area contributed by atoms with Crippen LogP contribution in [-0.2, 0) is 6.61 Å². The number of ether oxygens (including phenoxy) is 2. The topological polar surface area (TPSA) is 119 Å². The highest BCUT2D eigenvalue weighted by molar-refractivity contribution is 5.52. The molecule has 7 nitrogen and oxygen atoms in total. The summed E-state index contributed by atoms with van der Waals surface area (Å²) in [5, 5.41) is 18.8. The molecule has 0 bridgehead atoms. The van der Waals surface area contributed by atoms with Crippen LogP contribution in [0.2, 0.25) is 0 Å². The highest BCUT2D eigenvalue weighted by atomic mass is 16.5. The lowest BCUT2D eigenvalue weighted by Gasteiger charge is -2.24. The molecule has 1 unspecified atom stereocenters. The molecule has 0 saturated carbocycles. The van der Waals surface area contributed by atoms with Gasteiger partial charge in [0.15, 0.2) is 5.76 Å². The number of nitrogens with two attached hydrogens (primary N) is 1. The van der Waals surface area contributed by atoms with Crippen LogP contribution >= 0.6 is 0 Å². The van der Waals surface area contributed by atoms with E-state index in [1.165, 1.54) is 0 Å². The van der Waals surface area contributed by atoms with Crippen molar-refractivity contribution in [1.29, 1.82) is 5.26 Å². The molecule has 3 N–H and O–H groups in total. The Morgan fingerprint density at radius 3 is 2.68 bits per heavy atom. The molecule has 1 aromatic carbocycles. The number of aliphatic hydroxyl groups is 1. The van der Waals surface area contributed by atoms with Gasteiger partial charge in [-0.3, -0.25) is 4.79 Å². The quantitative estimate of drug-likeness (QED) is 0.870. The van der Waals surface area contributed by atoms with Crippen LogP contribution < -0.4 is 20.6 Å². The van der Waals surface area contributed by atoms with Crippen LogP contribution in [0.3, 0.4) is 0 Å². The van der Waals surface area contributed by atoms with E-state index >= 15 is 0 Å². The molecule has 0 spiro atoms. The molecule has 1 aliphatic heterocycles. The van der Waals surface area contributed by atoms with Gasteiger partial charge in [0.1, 0.15) is 29.8 Å². The SMILES string of the molecule is CCOc1ccc(C2C(C#N)=C(N)Oc3c2oc(CO)cc3=O)cc1. The van der Waals surface area contributed by atoms with E-state index in [0.717, 1.165) is 6.07 Å². The van der Waals surface area contributed by atoms with Gasteiger partial charge in [-0.05, 0) is 24.6 Å². The third-order valence-electron chi connectivity index (χ3n) is 3.81. The molecule has 0 amide bonds. The zero-order valence-corrected chi connectivity index (χ0v) is 13.5. The van der Waals surface area contributed by atoms with Crippen molar-refractivity contribution in [3.05, 3.63) is 69.1 Å². The Kier molecular flexibility index (Phi) is 4.46. The molecular formula is C18H16N2O5. The van der Waals surface area contributed by atoms with Crippen molar-refractivity contribution in [2.24, 2.45) is 5.73 Å². The number of hydrogen-bond donors (Lipinski definition) is 2. The molecule has 0 fully saturated rings. The second kappa shape index (κ2) is 6.71. The Morgan fingerprint density at radius 1 is 1.36 bits per heavy atom. The average molecular weight is 340 g/mol. The molecule has 1 aromatic heterocycles. The normalized spacial score (nSPS) is 16.0. The summed E-state index contributed by atoms with van der Waals surface area (Å²) in [6.45, 7) is 1.97. The maximum absolute atomic E-state index is 12.2. The van der Waals surface area contributed by atoms with Crippen LogP contribution in [0.4, 0.5) is 0 Å². The summed E-state index contributed by atoms with van der Waals surface area (Å²) in [4.78, 5) is 12.2. The van der Waals surface area contributed by atoms with Crippen LogP contribution in [0.1, 0.15) is 29.9 Å². The highest BCUT2D eigenvalue weighted by Crippen LogP contribution is 2.41. The first-order chi connectivity index (χ1) is 12.1. The minimum Gasteiger partial charge on any atom is -0.494 e. The van der Waals surface area contributed by atoms with Crippen molar-refractivity contribution in [1.82, 2.24) is 0 Å². The van der Waals surface area contributed by atoms with E-state index in [2.05, 4.69) is 0 Å². The van der Waals surface area contributed by atoms with Crippen LogP contribution in [0, 0.1) is 11.3 Å². The molecule has 1 atom stereocenters. The predicted octanol–water partition coefficient (Wildman–Crippen LogP) is 1.75. The first-order valence-electron chi connectivity index (χ1n) is 7.67. The fourth-order valence-electron chi connectivity index (χ4n) is 2.72. The molecule has 0 saturated heterocycles. The van der Waals surface area contributed by atoms with Gasteiger partial charge < -0.3 is 24.7 Å². The second-order valence-electron chi connectivity index (χ2n) is 5.36. The number of rotatable bonds is 4. The molecule has 0 radical (unpaired) electrons. The van der Waals surface area contributed by atoms with E-state index < -0.39 is 18.0 Å². The van der Waals surface area contributed by atoms with E-state index in [1.54, 1.807) is 24.3 Å². The molecular weight excluding hydrogens is 324 g/mol. The van der Waals surface area contributed by atoms with Crippen LogP contribution in [0.5, 0.6) is 11.5 Å². The van der Waals surface area contributed by atoms with E-state index in [4.69, 9.17) is 19.6 Å². The smallest absolute Gasteiger partial charge is 0.228 e. The Labute approximate surface area is 143 Å². The van der Waals surface area contributed by atoms with Crippen molar-refractivity contribution in [2.45, 2.75) is 19.4 Å². The first kappa shape index (κ1) is 16.6. The molecule has 7 heteroatoms. The van der Waals surface area contributed by atoms with Gasteiger partial charge in [0.25, 0.3) is 0 Å². The Bertz CT molecular complexity index is 922. The van der Waals surface area contributed by atoms with Crippen molar-refractivity contribution in [3.8, 4) is 17.6 Å². The Hall–Kier alpha value is -3.24. The maximum Gasteiger partial charge on any atom is 0.228 e. The summed E-state index contributed by atoms with van der Waals surface area (Å²) in [6, 6.07) is 10.2. The van der Waals surface area contributed by atoms with Gasteiger partial charge in [0, 0.05) is 6.07 Å². The molecule has 1 aliphatic rings. The van der Waals surface area contributed by atoms with Crippen molar-refractivity contribution in [2.75, 3.05) is 6.61 Å². The summed E-state index contributed by atoms with van der Waals surface area (Å²) in [6.07, 6.45) is 0. The number of hydrogen-bond acceptors (Lipinski definition) is 7. The fourth-order valence-corrected chi connectivity index (χ4v) is 2.72. The van der Waals surface area contributed by atoms with Crippen molar-refractivity contribution >= 4 is 0 Å². The van der Waals surface area contributed by atoms with Crippen molar-refractivity contribution in [3.63, 3.8) is 0 Å². The lowest BCUT2D eigenvalue weighted by molar-refractivity contribution is 0.231. The van der Waals surface area contributed by atoms with E-state index in [9.17, 15) is 15.2 Å². The highest BCUT2D eigenvalue weighted by Gasteiger charge is 2.35. The number of benzene rings is 1. The van der Waals surface area contributed by atoms with Gasteiger partial charge in [-0.2, -0.15) is 5.26 Å². The molecule has 2 aromatic rings. The Balaban J connectivity index is 2.18. The molecule has 3 rings (SSSR count). The summed E-state index contributed by atoms with van der Waals surface area (Å²) in [5.41, 5.74) is 6.18. The van der Waals surface area contributed by atoms with Crippen LogP contribution in [-0.4, -0.2) is 11.7 Å². The molecule has 0 aliphatic carbocycles. The van der Waals surface area contributed by atoms with Gasteiger partial charge in [0.05, 0.1) is 12.5 Å². The van der Waals surface area contributed by atoms with Gasteiger partial charge in [-0.25, -0.2) is 0 Å². The summed E-state index contributed by atoms with van der Waals surface area (Å²) in [5.74, 6) is -0.0128. The fraction of sp³-hybridized carbons (Fsp3) is 0.222. The van der Waals surface area contributed by atoms with E-state index in [-0.39, 0.29) is 28.7 Å².